The van der Waals surface area contributed by atoms with E-state index >= 15 is 0 Å². The molecule has 12 heavy (non-hydrogen) atoms. The lowest BCUT2D eigenvalue weighted by Crippen LogP contribution is -2.09. The Morgan fingerprint density at radius 3 is 3.00 bits per heavy atom. The number of amidine groups is 1. The van der Waals surface area contributed by atoms with Gasteiger partial charge in [0.2, 0.25) is 0 Å². The Labute approximate surface area is 75.9 Å². The second-order valence-corrected chi connectivity index (χ2v) is 3.41. The smallest absolute Gasteiger partial charge is 0.0959 e. The maximum absolute atomic E-state index is 7.00. The molecular formula is C8H11N3S. The molecule has 0 aliphatic heterocycles. The van der Waals surface area contributed by atoms with Crippen molar-refractivity contribution in [1.29, 1.82) is 5.41 Å². The van der Waals surface area contributed by atoms with Crippen LogP contribution in [-0.4, -0.2) is 16.6 Å². The van der Waals surface area contributed by atoms with Gasteiger partial charge in [-0.05, 0) is 12.1 Å². The van der Waals surface area contributed by atoms with Crippen LogP contribution in [0.5, 0.6) is 0 Å². The second kappa shape index (κ2) is 4.77. The van der Waals surface area contributed by atoms with Crippen LogP contribution in [0.1, 0.15) is 6.42 Å². The van der Waals surface area contributed by atoms with Gasteiger partial charge in [-0.1, -0.05) is 6.07 Å². The number of thioether (sulfide) groups is 1. The maximum atomic E-state index is 7.00. The van der Waals surface area contributed by atoms with Crippen molar-refractivity contribution in [3.05, 3.63) is 24.4 Å². The summed E-state index contributed by atoms with van der Waals surface area (Å²) in [6.07, 6.45) is 2.39. The topological polar surface area (TPSA) is 62.8 Å². The van der Waals surface area contributed by atoms with Gasteiger partial charge in [0, 0.05) is 18.4 Å². The maximum Gasteiger partial charge on any atom is 0.0959 e. The Morgan fingerprint density at radius 1 is 1.58 bits per heavy atom. The molecule has 0 aliphatic rings. The molecule has 1 rings (SSSR count). The van der Waals surface area contributed by atoms with E-state index in [1.54, 1.807) is 18.0 Å². The molecule has 0 bridgehead atoms. The zero-order valence-electron chi connectivity index (χ0n) is 6.66. The normalized spacial score (nSPS) is 9.67. The summed E-state index contributed by atoms with van der Waals surface area (Å²) in [6, 6.07) is 5.78. The Balaban J connectivity index is 2.29. The average molecular weight is 181 g/mol. The van der Waals surface area contributed by atoms with Gasteiger partial charge in [0.25, 0.3) is 0 Å². The quantitative estimate of drug-likeness (QED) is 0.420. The molecule has 0 radical (unpaired) electrons. The lowest BCUT2D eigenvalue weighted by molar-refractivity contribution is 1.12. The molecule has 0 saturated heterocycles. The Kier molecular flexibility index (Phi) is 3.60. The van der Waals surface area contributed by atoms with Crippen LogP contribution < -0.4 is 5.73 Å². The van der Waals surface area contributed by atoms with E-state index in [9.17, 15) is 0 Å². The van der Waals surface area contributed by atoms with Crippen molar-refractivity contribution < 1.29 is 0 Å². The summed E-state index contributed by atoms with van der Waals surface area (Å²) in [5, 5.41) is 7.99. The van der Waals surface area contributed by atoms with Crippen molar-refractivity contribution in [2.24, 2.45) is 5.73 Å². The van der Waals surface area contributed by atoms with E-state index in [1.807, 2.05) is 18.2 Å². The van der Waals surface area contributed by atoms with Gasteiger partial charge in [0.05, 0.1) is 10.9 Å². The first-order chi connectivity index (χ1) is 5.79. The summed E-state index contributed by atoms with van der Waals surface area (Å²) in [5.74, 6) is 1.06. The van der Waals surface area contributed by atoms with Gasteiger partial charge in [0.1, 0.15) is 0 Å². The average Bonchev–Trinajstić information content (AvgIpc) is 2.05. The zero-order valence-corrected chi connectivity index (χ0v) is 7.47. The van der Waals surface area contributed by atoms with Crippen LogP contribution in [-0.2, 0) is 0 Å². The molecule has 1 aromatic heterocycles. The minimum absolute atomic E-state index is 0.235. The van der Waals surface area contributed by atoms with Gasteiger partial charge in [-0.3, -0.25) is 5.41 Å². The molecule has 0 aliphatic carbocycles. The standard InChI is InChI=1S/C8H11N3S/c9-7(10)4-6-12-8-3-1-2-5-11-8/h1-3,5H,4,6H2,(H3,9,10). The molecule has 0 unspecified atom stereocenters. The van der Waals surface area contributed by atoms with Crippen LogP contribution >= 0.6 is 11.8 Å². The molecule has 3 nitrogen and oxygen atoms in total. The third kappa shape index (κ3) is 3.39. The van der Waals surface area contributed by atoms with Gasteiger partial charge in [-0.2, -0.15) is 0 Å². The van der Waals surface area contributed by atoms with Crippen molar-refractivity contribution >= 4 is 17.6 Å². The lowest BCUT2D eigenvalue weighted by atomic mass is 10.5. The monoisotopic (exact) mass is 181 g/mol. The fourth-order valence-electron chi connectivity index (χ4n) is 0.698. The molecule has 64 valence electrons. The summed E-state index contributed by atoms with van der Waals surface area (Å²) >= 11 is 1.62. The number of nitrogens with two attached hydrogens (primary N) is 1. The zero-order chi connectivity index (χ0) is 8.81. The highest BCUT2D eigenvalue weighted by Crippen LogP contribution is 2.14. The molecular weight excluding hydrogens is 170 g/mol. The van der Waals surface area contributed by atoms with Crippen molar-refractivity contribution in [2.45, 2.75) is 11.4 Å². The Hall–Kier alpha value is -1.03. The summed E-state index contributed by atoms with van der Waals surface area (Å²) < 4.78 is 0. The fraction of sp³-hybridized carbons (Fsp3) is 0.250. The van der Waals surface area contributed by atoms with Crippen LogP contribution in [0.2, 0.25) is 0 Å². The number of hydrogen-bond donors (Lipinski definition) is 2. The molecule has 4 heteroatoms. The van der Waals surface area contributed by atoms with E-state index in [1.165, 1.54) is 0 Å². The molecule has 1 aromatic rings. The van der Waals surface area contributed by atoms with E-state index in [0.29, 0.717) is 6.42 Å². The lowest BCUT2D eigenvalue weighted by Gasteiger charge is -1.98. The van der Waals surface area contributed by atoms with Gasteiger partial charge in [-0.25, -0.2) is 4.98 Å². The fourth-order valence-corrected chi connectivity index (χ4v) is 1.54. The van der Waals surface area contributed by atoms with Crippen LogP contribution in [0.25, 0.3) is 0 Å². The minimum Gasteiger partial charge on any atom is -0.388 e. The Bertz CT molecular complexity index is 248. The number of pyridine rings is 1. The number of aromatic nitrogens is 1. The highest BCUT2D eigenvalue weighted by molar-refractivity contribution is 7.99. The largest absolute Gasteiger partial charge is 0.388 e. The molecule has 0 amide bonds. The summed E-state index contributed by atoms with van der Waals surface area (Å²) in [4.78, 5) is 4.13. The predicted octanol–water partition coefficient (Wildman–Crippen LogP) is 1.50. The third-order valence-electron chi connectivity index (χ3n) is 1.26. The van der Waals surface area contributed by atoms with Crippen molar-refractivity contribution in [2.75, 3.05) is 5.75 Å². The number of nitrogens with one attached hydrogen (secondary N) is 1. The first-order valence-corrected chi connectivity index (χ1v) is 4.64. The number of rotatable bonds is 4. The van der Waals surface area contributed by atoms with Gasteiger partial charge in [-0.15, -0.1) is 11.8 Å². The summed E-state index contributed by atoms with van der Waals surface area (Å²) in [5.41, 5.74) is 5.21. The van der Waals surface area contributed by atoms with E-state index in [4.69, 9.17) is 11.1 Å². The van der Waals surface area contributed by atoms with Crippen molar-refractivity contribution in [1.82, 2.24) is 4.98 Å². The van der Waals surface area contributed by atoms with Crippen molar-refractivity contribution in [3.8, 4) is 0 Å². The highest BCUT2D eigenvalue weighted by atomic mass is 32.2. The number of hydrogen-bond acceptors (Lipinski definition) is 3. The summed E-state index contributed by atoms with van der Waals surface area (Å²) in [6.45, 7) is 0. The van der Waals surface area contributed by atoms with E-state index in [0.717, 1.165) is 10.8 Å². The second-order valence-electron chi connectivity index (χ2n) is 2.29. The molecule has 0 saturated carbocycles. The van der Waals surface area contributed by atoms with E-state index in [-0.39, 0.29) is 5.84 Å². The van der Waals surface area contributed by atoms with Crippen LogP contribution in [0.3, 0.4) is 0 Å². The predicted molar refractivity (Wildman–Crippen MR) is 51.5 cm³/mol. The van der Waals surface area contributed by atoms with E-state index in [2.05, 4.69) is 4.98 Å². The van der Waals surface area contributed by atoms with Crippen LogP contribution in [0.4, 0.5) is 0 Å². The van der Waals surface area contributed by atoms with Crippen molar-refractivity contribution in [3.63, 3.8) is 0 Å². The minimum atomic E-state index is 0.235. The van der Waals surface area contributed by atoms with Gasteiger partial charge < -0.3 is 5.73 Å². The first kappa shape index (κ1) is 9.06. The third-order valence-corrected chi connectivity index (χ3v) is 2.20. The van der Waals surface area contributed by atoms with Gasteiger partial charge in [0.15, 0.2) is 0 Å². The van der Waals surface area contributed by atoms with Crippen LogP contribution in [0, 0.1) is 5.41 Å². The molecule has 0 atom stereocenters. The molecule has 1 heterocycles. The van der Waals surface area contributed by atoms with E-state index < -0.39 is 0 Å². The van der Waals surface area contributed by atoms with Crippen LogP contribution in [0.15, 0.2) is 29.4 Å². The number of nitrogens with zero attached hydrogens (tertiary/aromatic N) is 1. The summed E-state index contributed by atoms with van der Waals surface area (Å²) in [7, 11) is 0. The first-order valence-electron chi connectivity index (χ1n) is 3.66. The Morgan fingerprint density at radius 2 is 2.42 bits per heavy atom. The SMILES string of the molecule is N=C(N)CCSc1ccccn1. The highest BCUT2D eigenvalue weighted by Gasteiger charge is 1.94. The molecule has 3 N–H and O–H groups in total. The molecule has 0 fully saturated rings. The molecule has 0 aromatic carbocycles. The van der Waals surface area contributed by atoms with Gasteiger partial charge >= 0.3 is 0 Å². The molecule has 0 spiro atoms.